The number of nitrogens with zero attached hydrogens (tertiary/aromatic N) is 2. The molecule has 0 bridgehead atoms. The van der Waals surface area contributed by atoms with Crippen molar-refractivity contribution in [3.05, 3.63) is 23.1 Å². The lowest BCUT2D eigenvalue weighted by Gasteiger charge is -2.43. The van der Waals surface area contributed by atoms with Crippen molar-refractivity contribution >= 4 is 17.4 Å². The topological polar surface area (TPSA) is 28.2 Å². The molecule has 88 valence electrons. The lowest BCUT2D eigenvalue weighted by Crippen LogP contribution is -2.58. The van der Waals surface area contributed by atoms with Crippen LogP contribution in [0.4, 0.5) is 10.2 Å². The molecule has 1 saturated heterocycles. The van der Waals surface area contributed by atoms with Gasteiger partial charge in [-0.15, -0.1) is 0 Å². The third-order valence-electron chi connectivity index (χ3n) is 2.84. The number of aromatic nitrogens is 1. The Balaban J connectivity index is 2.35. The molecular weight excluding hydrogens is 229 g/mol. The van der Waals surface area contributed by atoms with Gasteiger partial charge in [-0.3, -0.25) is 0 Å². The molecule has 0 aliphatic carbocycles. The minimum Gasteiger partial charge on any atom is -0.347 e. The molecule has 0 atom stereocenters. The van der Waals surface area contributed by atoms with Gasteiger partial charge in [-0.05, 0) is 19.9 Å². The molecule has 2 rings (SSSR count). The molecule has 1 aromatic heterocycles. The monoisotopic (exact) mass is 243 g/mol. The van der Waals surface area contributed by atoms with Gasteiger partial charge in [0.15, 0.2) is 11.6 Å². The van der Waals surface area contributed by atoms with E-state index in [4.69, 9.17) is 11.6 Å². The third kappa shape index (κ3) is 2.13. The molecule has 0 radical (unpaired) electrons. The number of halogens is 2. The maximum atomic E-state index is 13.8. The SMILES string of the molecule is CC1(C)CNCCN1c1ncc(Cl)cc1F. The zero-order chi connectivity index (χ0) is 11.8. The minimum absolute atomic E-state index is 0.139. The number of hydrogen-bond acceptors (Lipinski definition) is 3. The molecule has 1 N–H and O–H groups in total. The van der Waals surface area contributed by atoms with E-state index in [1.807, 2.05) is 4.90 Å². The van der Waals surface area contributed by atoms with E-state index in [9.17, 15) is 4.39 Å². The Kier molecular flexibility index (Phi) is 3.04. The molecule has 3 nitrogen and oxygen atoms in total. The zero-order valence-corrected chi connectivity index (χ0v) is 10.2. The van der Waals surface area contributed by atoms with Crippen LogP contribution in [0.15, 0.2) is 12.3 Å². The van der Waals surface area contributed by atoms with Gasteiger partial charge in [0, 0.05) is 31.4 Å². The lowest BCUT2D eigenvalue weighted by molar-refractivity contribution is 0.373. The van der Waals surface area contributed by atoms with Crippen molar-refractivity contribution in [2.45, 2.75) is 19.4 Å². The molecule has 0 unspecified atom stereocenters. The van der Waals surface area contributed by atoms with E-state index in [-0.39, 0.29) is 11.4 Å². The fourth-order valence-corrected chi connectivity index (χ4v) is 2.13. The Morgan fingerprint density at radius 2 is 2.31 bits per heavy atom. The van der Waals surface area contributed by atoms with Crippen molar-refractivity contribution in [3.8, 4) is 0 Å². The average molecular weight is 244 g/mol. The molecule has 5 heteroatoms. The van der Waals surface area contributed by atoms with Gasteiger partial charge in [0.2, 0.25) is 0 Å². The summed E-state index contributed by atoms with van der Waals surface area (Å²) in [4.78, 5) is 6.07. The van der Waals surface area contributed by atoms with Crippen LogP contribution in [-0.4, -0.2) is 30.2 Å². The van der Waals surface area contributed by atoms with Gasteiger partial charge < -0.3 is 10.2 Å². The summed E-state index contributed by atoms with van der Waals surface area (Å²) in [5, 5.41) is 3.62. The summed E-state index contributed by atoms with van der Waals surface area (Å²) in [6.07, 6.45) is 1.48. The summed E-state index contributed by atoms with van der Waals surface area (Å²) >= 11 is 5.69. The predicted octanol–water partition coefficient (Wildman–Crippen LogP) is 2.06. The first-order chi connectivity index (χ1) is 7.50. The summed E-state index contributed by atoms with van der Waals surface area (Å²) in [6.45, 7) is 6.53. The van der Waals surface area contributed by atoms with Crippen LogP contribution in [0.5, 0.6) is 0 Å². The summed E-state index contributed by atoms with van der Waals surface area (Å²) in [5.74, 6) is 0.0263. The van der Waals surface area contributed by atoms with Gasteiger partial charge in [-0.1, -0.05) is 11.6 Å². The van der Waals surface area contributed by atoms with E-state index in [1.165, 1.54) is 12.3 Å². The molecule has 1 aliphatic rings. The Hall–Kier alpha value is -0.870. The molecule has 1 fully saturated rings. The maximum Gasteiger partial charge on any atom is 0.167 e. The largest absolute Gasteiger partial charge is 0.347 e. The quantitative estimate of drug-likeness (QED) is 0.819. The van der Waals surface area contributed by atoms with Gasteiger partial charge in [0.05, 0.1) is 5.02 Å². The smallest absolute Gasteiger partial charge is 0.167 e. The summed E-state index contributed by atoms with van der Waals surface area (Å²) in [7, 11) is 0. The van der Waals surface area contributed by atoms with Crippen molar-refractivity contribution in [1.29, 1.82) is 0 Å². The van der Waals surface area contributed by atoms with Crippen LogP contribution in [0.1, 0.15) is 13.8 Å². The predicted molar refractivity (Wildman–Crippen MR) is 63.5 cm³/mol. The number of hydrogen-bond donors (Lipinski definition) is 1. The number of rotatable bonds is 1. The van der Waals surface area contributed by atoms with Crippen LogP contribution in [0.25, 0.3) is 0 Å². The average Bonchev–Trinajstić information content (AvgIpc) is 2.19. The van der Waals surface area contributed by atoms with Crippen LogP contribution in [0.3, 0.4) is 0 Å². The summed E-state index contributed by atoms with van der Waals surface area (Å²) in [5.41, 5.74) is -0.139. The maximum absolute atomic E-state index is 13.8. The highest BCUT2D eigenvalue weighted by Crippen LogP contribution is 2.27. The van der Waals surface area contributed by atoms with Crippen molar-refractivity contribution < 1.29 is 4.39 Å². The molecular formula is C11H15ClFN3. The minimum atomic E-state index is -0.359. The Morgan fingerprint density at radius 3 is 2.94 bits per heavy atom. The van der Waals surface area contributed by atoms with E-state index >= 15 is 0 Å². The third-order valence-corrected chi connectivity index (χ3v) is 3.05. The van der Waals surface area contributed by atoms with E-state index in [0.29, 0.717) is 10.8 Å². The molecule has 0 aromatic carbocycles. The summed E-state index contributed by atoms with van der Waals surface area (Å²) in [6, 6.07) is 1.31. The molecule has 2 heterocycles. The van der Waals surface area contributed by atoms with Crippen LogP contribution in [-0.2, 0) is 0 Å². The van der Waals surface area contributed by atoms with Crippen molar-refractivity contribution in [1.82, 2.24) is 10.3 Å². The second kappa shape index (κ2) is 4.18. The first kappa shape index (κ1) is 11.6. The molecule has 1 aromatic rings. The highest BCUT2D eigenvalue weighted by Gasteiger charge is 2.32. The van der Waals surface area contributed by atoms with Crippen LogP contribution < -0.4 is 10.2 Å². The lowest BCUT2D eigenvalue weighted by atomic mass is 10.0. The summed E-state index contributed by atoms with van der Waals surface area (Å²) < 4.78 is 13.8. The second-order valence-electron chi connectivity index (χ2n) is 4.60. The number of pyridine rings is 1. The van der Waals surface area contributed by atoms with Crippen molar-refractivity contribution in [2.24, 2.45) is 0 Å². The van der Waals surface area contributed by atoms with E-state index in [2.05, 4.69) is 24.1 Å². The molecule has 0 spiro atoms. The fraction of sp³-hybridized carbons (Fsp3) is 0.545. The Labute approximate surface area is 99.6 Å². The number of nitrogens with one attached hydrogen (secondary N) is 1. The van der Waals surface area contributed by atoms with Crippen LogP contribution in [0.2, 0.25) is 5.02 Å². The zero-order valence-electron chi connectivity index (χ0n) is 9.43. The fourth-order valence-electron chi connectivity index (χ4n) is 1.98. The molecule has 0 amide bonds. The van der Waals surface area contributed by atoms with E-state index in [0.717, 1.165) is 19.6 Å². The van der Waals surface area contributed by atoms with E-state index < -0.39 is 0 Å². The van der Waals surface area contributed by atoms with Gasteiger partial charge >= 0.3 is 0 Å². The molecule has 1 aliphatic heterocycles. The molecule has 16 heavy (non-hydrogen) atoms. The van der Waals surface area contributed by atoms with Gasteiger partial charge in [0.25, 0.3) is 0 Å². The number of piperazine rings is 1. The first-order valence-electron chi connectivity index (χ1n) is 5.30. The van der Waals surface area contributed by atoms with Gasteiger partial charge in [0.1, 0.15) is 0 Å². The van der Waals surface area contributed by atoms with Gasteiger partial charge in [-0.25, -0.2) is 9.37 Å². The van der Waals surface area contributed by atoms with Crippen LogP contribution in [0, 0.1) is 5.82 Å². The van der Waals surface area contributed by atoms with Gasteiger partial charge in [-0.2, -0.15) is 0 Å². The molecule has 0 saturated carbocycles. The highest BCUT2D eigenvalue weighted by atomic mass is 35.5. The normalized spacial score (nSPS) is 19.9. The van der Waals surface area contributed by atoms with Crippen molar-refractivity contribution in [2.75, 3.05) is 24.5 Å². The van der Waals surface area contributed by atoms with Crippen molar-refractivity contribution in [3.63, 3.8) is 0 Å². The highest BCUT2D eigenvalue weighted by molar-refractivity contribution is 6.30. The standard InChI is InChI=1S/C11H15ClFN3/c1-11(2)7-14-3-4-16(11)10-9(13)5-8(12)6-15-10/h5-6,14H,3-4,7H2,1-2H3. The Bertz CT molecular complexity index is 395. The Morgan fingerprint density at radius 1 is 1.56 bits per heavy atom. The van der Waals surface area contributed by atoms with Crippen LogP contribution >= 0.6 is 11.6 Å². The first-order valence-corrected chi connectivity index (χ1v) is 5.68. The number of anilines is 1. The second-order valence-corrected chi connectivity index (χ2v) is 5.04. The van der Waals surface area contributed by atoms with E-state index in [1.54, 1.807) is 0 Å².